The third-order valence-electron chi connectivity index (χ3n) is 6.88. The van der Waals surface area contributed by atoms with Gasteiger partial charge in [-0.05, 0) is 71.6 Å². The number of urea groups is 1. The largest absolute Gasteiger partial charge is 0.465 e. The molecule has 1 saturated carbocycles. The van der Waals surface area contributed by atoms with E-state index in [-0.39, 0.29) is 22.5 Å². The molecule has 0 spiro atoms. The van der Waals surface area contributed by atoms with Crippen LogP contribution in [0.2, 0.25) is 0 Å². The Morgan fingerprint density at radius 2 is 1.79 bits per heavy atom. The average Bonchev–Trinajstić information content (AvgIpc) is 3.38. The number of halogens is 1. The SMILES string of the molecule is C[C@H](NC(=O)Nc1ccc(-c2cnc(C3CCC(NC(=O)O)CC3)s2)c(S(=O)(=O)NC(C)(C)C)c1)c1ccccc1F. The zero-order valence-electron chi connectivity index (χ0n) is 23.9. The number of hydrogen-bond donors (Lipinski definition) is 5. The number of nitrogens with zero attached hydrogens (tertiary/aromatic N) is 1. The van der Waals surface area contributed by atoms with Gasteiger partial charge >= 0.3 is 12.1 Å². The molecule has 1 aliphatic carbocycles. The van der Waals surface area contributed by atoms with Crippen molar-refractivity contribution in [3.8, 4) is 10.4 Å². The van der Waals surface area contributed by atoms with E-state index < -0.39 is 39.5 Å². The van der Waals surface area contributed by atoms with Crippen molar-refractivity contribution in [2.75, 3.05) is 5.32 Å². The van der Waals surface area contributed by atoms with Gasteiger partial charge in [-0.2, -0.15) is 0 Å². The van der Waals surface area contributed by atoms with E-state index in [1.807, 2.05) is 0 Å². The molecular weight excluding hydrogens is 581 g/mol. The first-order chi connectivity index (χ1) is 19.7. The van der Waals surface area contributed by atoms with Crippen LogP contribution in [-0.2, 0) is 10.0 Å². The monoisotopic (exact) mass is 617 g/mol. The molecule has 226 valence electrons. The molecule has 10 nitrogen and oxygen atoms in total. The number of hydrogen-bond acceptors (Lipinski definition) is 6. The third kappa shape index (κ3) is 8.05. The van der Waals surface area contributed by atoms with Gasteiger partial charge in [-0.1, -0.05) is 24.3 Å². The van der Waals surface area contributed by atoms with E-state index in [1.54, 1.807) is 64.2 Å². The predicted octanol–water partition coefficient (Wildman–Crippen LogP) is 6.20. The van der Waals surface area contributed by atoms with Crippen molar-refractivity contribution >= 4 is 39.2 Å². The van der Waals surface area contributed by atoms with Gasteiger partial charge in [0.15, 0.2) is 0 Å². The average molecular weight is 618 g/mol. The number of rotatable bonds is 8. The maximum Gasteiger partial charge on any atom is 0.404 e. The van der Waals surface area contributed by atoms with Crippen LogP contribution < -0.4 is 20.7 Å². The standard InChI is InChI=1S/C29H36FN5O5S2/c1-17(21-7-5-6-8-23(21)30)32-27(36)33-20-13-14-22(25(15-20)42(39,40)35-29(2,3)4)24-16-31-26(41-24)18-9-11-19(12-10-18)34-28(37)38/h5-8,13-19,34-35H,9-12H2,1-4H3,(H,37,38)(H2,32,33,36)/t17-,18?,19?/m0/s1. The summed E-state index contributed by atoms with van der Waals surface area (Å²) in [6.07, 6.45) is 3.60. The predicted molar refractivity (Wildman–Crippen MR) is 161 cm³/mol. The number of carbonyl (C=O) groups excluding carboxylic acids is 1. The lowest BCUT2D eigenvalue weighted by molar-refractivity contribution is 0.185. The fourth-order valence-electron chi connectivity index (χ4n) is 5.01. The molecule has 4 rings (SSSR count). The highest BCUT2D eigenvalue weighted by Gasteiger charge is 2.29. The maximum atomic E-state index is 14.2. The van der Waals surface area contributed by atoms with Gasteiger partial charge in [0.05, 0.1) is 20.8 Å². The molecule has 1 aromatic heterocycles. The number of carboxylic acid groups (broad SMARTS) is 1. The van der Waals surface area contributed by atoms with E-state index in [1.165, 1.54) is 23.5 Å². The number of nitrogens with one attached hydrogen (secondary N) is 4. The van der Waals surface area contributed by atoms with Crippen LogP contribution in [0.15, 0.2) is 53.6 Å². The van der Waals surface area contributed by atoms with Gasteiger partial charge in [-0.15, -0.1) is 11.3 Å². The Hall–Kier alpha value is -3.55. The first kappa shape index (κ1) is 31.4. The minimum atomic E-state index is -4.02. The van der Waals surface area contributed by atoms with Gasteiger partial charge in [0.2, 0.25) is 10.0 Å². The summed E-state index contributed by atoms with van der Waals surface area (Å²) in [5.74, 6) is -0.283. The summed E-state index contributed by atoms with van der Waals surface area (Å²) in [7, 11) is -4.02. The van der Waals surface area contributed by atoms with Gasteiger partial charge < -0.3 is 21.1 Å². The Morgan fingerprint density at radius 1 is 1.10 bits per heavy atom. The lowest BCUT2D eigenvalue weighted by Crippen LogP contribution is -2.40. The Labute approximate surface area is 249 Å². The zero-order chi connectivity index (χ0) is 30.7. The molecule has 42 heavy (non-hydrogen) atoms. The fourth-order valence-corrected chi connectivity index (χ4v) is 7.87. The van der Waals surface area contributed by atoms with Crippen LogP contribution in [0, 0.1) is 5.82 Å². The molecule has 0 unspecified atom stereocenters. The van der Waals surface area contributed by atoms with Crippen molar-refractivity contribution < 1.29 is 27.5 Å². The van der Waals surface area contributed by atoms with E-state index in [0.29, 0.717) is 28.8 Å². The highest BCUT2D eigenvalue weighted by atomic mass is 32.2. The molecule has 13 heteroatoms. The molecule has 0 radical (unpaired) electrons. The summed E-state index contributed by atoms with van der Waals surface area (Å²) < 4.78 is 44.0. The molecule has 1 heterocycles. The Bertz CT molecular complexity index is 1550. The van der Waals surface area contributed by atoms with E-state index >= 15 is 0 Å². The van der Waals surface area contributed by atoms with Crippen LogP contribution in [-0.4, -0.2) is 42.2 Å². The fraction of sp³-hybridized carbons (Fsp3) is 0.414. The van der Waals surface area contributed by atoms with Gasteiger partial charge in [-0.3, -0.25) is 0 Å². The molecule has 1 aliphatic rings. The zero-order valence-corrected chi connectivity index (χ0v) is 25.5. The number of thiazole rings is 1. The molecule has 5 N–H and O–H groups in total. The van der Waals surface area contributed by atoms with Crippen LogP contribution in [0.5, 0.6) is 0 Å². The van der Waals surface area contributed by atoms with Crippen molar-refractivity contribution in [2.24, 2.45) is 0 Å². The van der Waals surface area contributed by atoms with E-state index in [4.69, 9.17) is 5.11 Å². The van der Waals surface area contributed by atoms with Crippen LogP contribution >= 0.6 is 11.3 Å². The number of carbonyl (C=O) groups is 2. The minimum absolute atomic E-state index is 0.0121. The molecule has 1 fully saturated rings. The third-order valence-corrected chi connectivity index (χ3v) is 9.87. The summed E-state index contributed by atoms with van der Waals surface area (Å²) in [5, 5.41) is 17.7. The molecular formula is C29H36FN5O5S2. The van der Waals surface area contributed by atoms with Crippen molar-refractivity contribution in [3.63, 3.8) is 0 Å². The topological polar surface area (TPSA) is 150 Å². The molecule has 0 aliphatic heterocycles. The Morgan fingerprint density at radius 3 is 2.43 bits per heavy atom. The molecule has 1 atom stereocenters. The quantitative estimate of drug-likeness (QED) is 0.203. The van der Waals surface area contributed by atoms with Crippen LogP contribution in [0.4, 0.5) is 19.7 Å². The van der Waals surface area contributed by atoms with Crippen LogP contribution in [0.1, 0.15) is 75.9 Å². The summed E-state index contributed by atoms with van der Waals surface area (Å²) in [6.45, 7) is 6.87. The van der Waals surface area contributed by atoms with Gasteiger partial charge in [0, 0.05) is 40.5 Å². The summed E-state index contributed by atoms with van der Waals surface area (Å²) >= 11 is 1.41. The minimum Gasteiger partial charge on any atom is -0.465 e. The van der Waals surface area contributed by atoms with E-state index in [2.05, 4.69) is 25.7 Å². The first-order valence-electron chi connectivity index (χ1n) is 13.7. The van der Waals surface area contributed by atoms with Crippen molar-refractivity contribution in [2.45, 2.75) is 81.8 Å². The smallest absolute Gasteiger partial charge is 0.404 e. The van der Waals surface area contributed by atoms with E-state index in [0.717, 1.165) is 17.8 Å². The molecule has 3 amide bonds. The molecule has 0 saturated heterocycles. The lowest BCUT2D eigenvalue weighted by atomic mass is 9.86. The number of aromatic nitrogens is 1. The van der Waals surface area contributed by atoms with Crippen molar-refractivity contribution in [1.82, 2.24) is 20.3 Å². The number of benzene rings is 2. The number of amides is 3. The van der Waals surface area contributed by atoms with Crippen LogP contribution in [0.3, 0.4) is 0 Å². The second-order valence-electron chi connectivity index (χ2n) is 11.5. The first-order valence-corrected chi connectivity index (χ1v) is 16.0. The Kier molecular flexibility index (Phi) is 9.53. The summed E-state index contributed by atoms with van der Waals surface area (Å²) in [5.41, 5.74) is 0.268. The molecule has 0 bridgehead atoms. The molecule has 2 aromatic carbocycles. The van der Waals surface area contributed by atoms with E-state index in [9.17, 15) is 22.4 Å². The summed E-state index contributed by atoms with van der Waals surface area (Å²) in [6, 6.07) is 9.48. The maximum absolute atomic E-state index is 14.2. The Balaban J connectivity index is 1.57. The van der Waals surface area contributed by atoms with Gasteiger partial charge in [0.25, 0.3) is 0 Å². The highest BCUT2D eigenvalue weighted by Crippen LogP contribution is 2.40. The molecule has 3 aromatic rings. The second-order valence-corrected chi connectivity index (χ2v) is 14.2. The highest BCUT2D eigenvalue weighted by molar-refractivity contribution is 7.89. The van der Waals surface area contributed by atoms with Crippen LogP contribution in [0.25, 0.3) is 10.4 Å². The normalized spacial score (nSPS) is 18.2. The number of sulfonamides is 1. The lowest BCUT2D eigenvalue weighted by Gasteiger charge is -2.27. The number of anilines is 1. The van der Waals surface area contributed by atoms with Crippen molar-refractivity contribution in [3.05, 3.63) is 65.0 Å². The van der Waals surface area contributed by atoms with Gasteiger partial charge in [0.1, 0.15) is 5.82 Å². The second kappa shape index (κ2) is 12.8. The van der Waals surface area contributed by atoms with Gasteiger partial charge in [-0.25, -0.2) is 32.1 Å². The summed E-state index contributed by atoms with van der Waals surface area (Å²) in [4.78, 5) is 29.0. The van der Waals surface area contributed by atoms with Crippen molar-refractivity contribution in [1.29, 1.82) is 0 Å².